The number of hydrogen-bond donors (Lipinski definition) is 0. The zero-order valence-corrected chi connectivity index (χ0v) is 21.9. The Morgan fingerprint density at radius 2 is 0.483 bits per heavy atom. The van der Waals surface area contributed by atoms with Crippen LogP contribution in [0, 0.1) is 0 Å². The summed E-state index contributed by atoms with van der Waals surface area (Å²) in [6.45, 7) is 4.61. The molecule has 0 amide bonds. The van der Waals surface area contributed by atoms with E-state index in [4.69, 9.17) is 0 Å². The SMILES string of the molecule is CCCCCCCCCCCCCCPCCCCCCCCCCCCCC. The molecule has 0 aliphatic carbocycles. The molecule has 0 bridgehead atoms. The Morgan fingerprint density at radius 1 is 0.276 bits per heavy atom. The maximum atomic E-state index is 2.31. The summed E-state index contributed by atoms with van der Waals surface area (Å²) in [7, 11) is 1.26. The maximum absolute atomic E-state index is 2.31. The van der Waals surface area contributed by atoms with Gasteiger partial charge in [0, 0.05) is 0 Å². The molecule has 29 heavy (non-hydrogen) atoms. The van der Waals surface area contributed by atoms with E-state index >= 15 is 0 Å². The molecule has 0 heterocycles. The molecule has 0 N–H and O–H groups in total. The van der Waals surface area contributed by atoms with Crippen molar-refractivity contribution in [3.8, 4) is 0 Å². The van der Waals surface area contributed by atoms with Gasteiger partial charge >= 0.3 is 0 Å². The van der Waals surface area contributed by atoms with Gasteiger partial charge in [-0.3, -0.25) is 0 Å². The third-order valence-corrected chi connectivity index (χ3v) is 7.83. The lowest BCUT2D eigenvalue weighted by Gasteiger charge is -2.04. The summed E-state index contributed by atoms with van der Waals surface area (Å²) in [5.41, 5.74) is 0. The Labute approximate surface area is 189 Å². The largest absolute Gasteiger partial charge is 0.122 e. The Hall–Kier alpha value is 0.430. The first-order valence-corrected chi connectivity index (χ1v) is 15.5. The molecule has 0 aliphatic heterocycles. The molecule has 0 atom stereocenters. The van der Waals surface area contributed by atoms with Crippen molar-refractivity contribution in [2.24, 2.45) is 0 Å². The third kappa shape index (κ3) is 28.4. The van der Waals surface area contributed by atoms with E-state index in [1.165, 1.54) is 175 Å². The van der Waals surface area contributed by atoms with E-state index in [0.717, 1.165) is 0 Å². The first-order valence-electron chi connectivity index (χ1n) is 14.1. The van der Waals surface area contributed by atoms with Crippen LogP contribution in [-0.2, 0) is 0 Å². The zero-order chi connectivity index (χ0) is 21.1. The van der Waals surface area contributed by atoms with Gasteiger partial charge < -0.3 is 0 Å². The summed E-state index contributed by atoms with van der Waals surface area (Å²) >= 11 is 0. The van der Waals surface area contributed by atoms with Crippen molar-refractivity contribution < 1.29 is 0 Å². The van der Waals surface area contributed by atoms with E-state index in [0.29, 0.717) is 0 Å². The molecule has 0 saturated carbocycles. The van der Waals surface area contributed by atoms with Gasteiger partial charge in [-0.1, -0.05) is 155 Å². The molecule has 0 spiro atoms. The van der Waals surface area contributed by atoms with Gasteiger partial charge in [0.05, 0.1) is 0 Å². The van der Waals surface area contributed by atoms with Crippen LogP contribution < -0.4 is 0 Å². The van der Waals surface area contributed by atoms with Crippen molar-refractivity contribution in [2.45, 2.75) is 168 Å². The fourth-order valence-corrected chi connectivity index (χ4v) is 5.56. The lowest BCUT2D eigenvalue weighted by molar-refractivity contribution is 0.547. The number of hydrogen-bond acceptors (Lipinski definition) is 0. The van der Waals surface area contributed by atoms with Crippen LogP contribution in [0.2, 0.25) is 0 Å². The van der Waals surface area contributed by atoms with E-state index in [9.17, 15) is 0 Å². The second kappa shape index (κ2) is 28.4. The van der Waals surface area contributed by atoms with Gasteiger partial charge in [-0.25, -0.2) is 0 Å². The smallest absolute Gasteiger partial charge is 0.0353 e. The minimum absolute atomic E-state index is 1.26. The van der Waals surface area contributed by atoms with Crippen molar-refractivity contribution >= 4 is 8.58 Å². The zero-order valence-electron chi connectivity index (χ0n) is 20.9. The van der Waals surface area contributed by atoms with E-state index in [1.54, 1.807) is 0 Å². The average molecular weight is 427 g/mol. The predicted molar refractivity (Wildman–Crippen MR) is 140 cm³/mol. The van der Waals surface area contributed by atoms with Crippen LogP contribution in [0.1, 0.15) is 168 Å². The average Bonchev–Trinajstić information content (AvgIpc) is 2.74. The first kappa shape index (κ1) is 29.4. The fraction of sp³-hybridized carbons (Fsp3) is 1.00. The Bertz CT molecular complexity index is 237. The molecule has 0 radical (unpaired) electrons. The van der Waals surface area contributed by atoms with Gasteiger partial charge in [0.1, 0.15) is 0 Å². The quantitative estimate of drug-likeness (QED) is 0.0952. The Kier molecular flexibility index (Phi) is 28.9. The van der Waals surface area contributed by atoms with Crippen molar-refractivity contribution in [3.05, 3.63) is 0 Å². The molecule has 0 rings (SSSR count). The van der Waals surface area contributed by atoms with Crippen molar-refractivity contribution in [2.75, 3.05) is 12.3 Å². The van der Waals surface area contributed by atoms with Crippen LogP contribution in [0.15, 0.2) is 0 Å². The number of unbranched alkanes of at least 4 members (excludes halogenated alkanes) is 22. The number of rotatable bonds is 26. The van der Waals surface area contributed by atoms with Gasteiger partial charge in [-0.15, -0.1) is 8.58 Å². The second-order valence-electron chi connectivity index (χ2n) is 9.53. The van der Waals surface area contributed by atoms with Gasteiger partial charge in [-0.2, -0.15) is 0 Å². The summed E-state index contributed by atoms with van der Waals surface area (Å²) < 4.78 is 0. The van der Waals surface area contributed by atoms with Gasteiger partial charge in [0.2, 0.25) is 0 Å². The molecule has 0 aromatic heterocycles. The van der Waals surface area contributed by atoms with Gasteiger partial charge in [-0.05, 0) is 25.2 Å². The molecule has 0 unspecified atom stereocenters. The lowest BCUT2D eigenvalue weighted by Crippen LogP contribution is -1.86. The molecule has 0 saturated heterocycles. The van der Waals surface area contributed by atoms with Crippen LogP contribution in [0.25, 0.3) is 0 Å². The molecular formula is C28H59P. The summed E-state index contributed by atoms with van der Waals surface area (Å²) in [6, 6.07) is 0. The molecule has 0 aromatic rings. The maximum Gasteiger partial charge on any atom is -0.0353 e. The first-order chi connectivity index (χ1) is 14.4. The van der Waals surface area contributed by atoms with Crippen molar-refractivity contribution in [3.63, 3.8) is 0 Å². The monoisotopic (exact) mass is 426 g/mol. The summed E-state index contributed by atoms with van der Waals surface area (Å²) in [6.07, 6.45) is 38.5. The van der Waals surface area contributed by atoms with E-state index < -0.39 is 0 Å². The van der Waals surface area contributed by atoms with Crippen LogP contribution in [0.3, 0.4) is 0 Å². The van der Waals surface area contributed by atoms with Crippen LogP contribution in [-0.4, -0.2) is 12.3 Å². The second-order valence-corrected chi connectivity index (χ2v) is 11.0. The van der Waals surface area contributed by atoms with E-state index in [-0.39, 0.29) is 0 Å². The van der Waals surface area contributed by atoms with Crippen molar-refractivity contribution in [1.82, 2.24) is 0 Å². The minimum atomic E-state index is 1.26. The Balaban J connectivity index is 2.97. The van der Waals surface area contributed by atoms with Crippen LogP contribution >= 0.6 is 8.58 Å². The summed E-state index contributed by atoms with van der Waals surface area (Å²) in [5.74, 6) is 0. The lowest BCUT2D eigenvalue weighted by atomic mass is 10.1. The van der Waals surface area contributed by atoms with Crippen LogP contribution in [0.4, 0.5) is 0 Å². The van der Waals surface area contributed by atoms with E-state index in [2.05, 4.69) is 13.8 Å². The van der Waals surface area contributed by atoms with Crippen molar-refractivity contribution in [1.29, 1.82) is 0 Å². The van der Waals surface area contributed by atoms with Crippen LogP contribution in [0.5, 0.6) is 0 Å². The third-order valence-electron chi connectivity index (χ3n) is 6.41. The highest BCUT2D eigenvalue weighted by Gasteiger charge is 1.96. The highest BCUT2D eigenvalue weighted by atomic mass is 31.1. The predicted octanol–water partition coefficient (Wildman–Crippen LogP) is 11.1. The highest BCUT2D eigenvalue weighted by Crippen LogP contribution is 2.19. The molecule has 0 aliphatic rings. The fourth-order valence-electron chi connectivity index (χ4n) is 4.31. The summed E-state index contributed by atoms with van der Waals surface area (Å²) in [4.78, 5) is 0. The van der Waals surface area contributed by atoms with Gasteiger partial charge in [0.25, 0.3) is 0 Å². The molecule has 176 valence electrons. The Morgan fingerprint density at radius 3 is 0.724 bits per heavy atom. The summed E-state index contributed by atoms with van der Waals surface area (Å²) in [5, 5.41) is 0. The normalized spacial score (nSPS) is 11.4. The molecular weight excluding hydrogens is 367 g/mol. The molecule has 0 aromatic carbocycles. The topological polar surface area (TPSA) is 0 Å². The standard InChI is InChI=1S/C28H59P/c1-3-5-7-9-11-13-15-17-19-21-23-25-27-29-28-26-24-22-20-18-16-14-12-10-8-6-4-2/h29H,3-28H2,1-2H3. The molecule has 1 heteroatoms. The molecule has 0 fully saturated rings. The minimum Gasteiger partial charge on any atom is -0.122 e. The molecule has 0 nitrogen and oxygen atoms in total. The highest BCUT2D eigenvalue weighted by molar-refractivity contribution is 7.37. The van der Waals surface area contributed by atoms with E-state index in [1.807, 2.05) is 0 Å². The van der Waals surface area contributed by atoms with Gasteiger partial charge in [0.15, 0.2) is 0 Å².